The van der Waals surface area contributed by atoms with Crippen LogP contribution in [-0.4, -0.2) is 41.9 Å². The van der Waals surface area contributed by atoms with E-state index in [1.807, 2.05) is 0 Å². The summed E-state index contributed by atoms with van der Waals surface area (Å²) < 4.78 is 28.6. The first-order valence-electron chi connectivity index (χ1n) is 19.1. The fourth-order valence-corrected chi connectivity index (χ4v) is 13.3. The molecular formula is C41H63FO6. The minimum absolute atomic E-state index is 0.00603. The fourth-order valence-electron chi connectivity index (χ4n) is 13.3. The smallest absolute Gasteiger partial charge is 0.312 e. The van der Waals surface area contributed by atoms with E-state index in [0.29, 0.717) is 30.8 Å². The Bertz CT molecular complexity index is 1330. The molecule has 0 amide bonds. The molecule has 0 aliphatic heterocycles. The van der Waals surface area contributed by atoms with Crippen molar-refractivity contribution >= 4 is 17.9 Å². The third kappa shape index (κ3) is 5.31. The van der Waals surface area contributed by atoms with E-state index in [-0.39, 0.29) is 40.5 Å². The van der Waals surface area contributed by atoms with E-state index in [1.165, 1.54) is 32.3 Å². The van der Waals surface area contributed by atoms with Crippen molar-refractivity contribution in [1.29, 1.82) is 0 Å². The molecule has 0 bridgehead atoms. The lowest BCUT2D eigenvalue weighted by atomic mass is 9.32. The third-order valence-electron chi connectivity index (χ3n) is 16.2. The summed E-state index contributed by atoms with van der Waals surface area (Å²) in [6.45, 7) is 21.6. The van der Waals surface area contributed by atoms with Crippen LogP contribution in [0, 0.1) is 68.0 Å². The van der Waals surface area contributed by atoms with Gasteiger partial charge in [-0.05, 0) is 137 Å². The van der Waals surface area contributed by atoms with Gasteiger partial charge in [0.25, 0.3) is 0 Å². The first kappa shape index (κ1) is 35.9. The molecule has 6 aliphatic carbocycles. The molecule has 6 fully saturated rings. The molecule has 11 atom stereocenters. The highest BCUT2D eigenvalue weighted by Gasteiger charge is 2.73. The summed E-state index contributed by atoms with van der Waals surface area (Å²) in [6.07, 6.45) is 9.11. The van der Waals surface area contributed by atoms with Gasteiger partial charge in [0.2, 0.25) is 0 Å². The molecule has 6 nitrogen and oxygen atoms in total. The van der Waals surface area contributed by atoms with Gasteiger partial charge in [0.1, 0.15) is 12.3 Å². The molecule has 6 aliphatic rings. The molecule has 0 unspecified atom stereocenters. The van der Waals surface area contributed by atoms with E-state index in [4.69, 9.17) is 9.47 Å². The van der Waals surface area contributed by atoms with Gasteiger partial charge in [-0.25, -0.2) is 4.39 Å². The Labute approximate surface area is 288 Å². The topological polar surface area (TPSA) is 89.9 Å². The Balaban J connectivity index is 1.26. The number of rotatable bonds is 9. The van der Waals surface area contributed by atoms with Crippen molar-refractivity contribution in [2.24, 2.45) is 68.0 Å². The van der Waals surface area contributed by atoms with E-state index < -0.39 is 40.5 Å². The maximum absolute atomic E-state index is 16.6. The summed E-state index contributed by atoms with van der Waals surface area (Å²) in [5.74, 6) is 0.497. The quantitative estimate of drug-likeness (QED) is 0.194. The number of carbonyl (C=O) groups excluding carboxylic acids is 2. The number of esters is 2. The second-order valence-electron chi connectivity index (χ2n) is 19.5. The second kappa shape index (κ2) is 11.8. The van der Waals surface area contributed by atoms with Crippen LogP contribution in [0.15, 0.2) is 12.2 Å². The summed E-state index contributed by atoms with van der Waals surface area (Å²) >= 11 is 0. The van der Waals surface area contributed by atoms with Crippen LogP contribution in [0.2, 0.25) is 0 Å². The summed E-state index contributed by atoms with van der Waals surface area (Å²) in [4.78, 5) is 38.8. The zero-order chi connectivity index (χ0) is 35.2. The van der Waals surface area contributed by atoms with Gasteiger partial charge in [-0.1, -0.05) is 59.6 Å². The average Bonchev–Trinajstić information content (AvgIpc) is 3.71. The van der Waals surface area contributed by atoms with Crippen molar-refractivity contribution in [3.05, 3.63) is 12.2 Å². The van der Waals surface area contributed by atoms with Crippen LogP contribution < -0.4 is 0 Å². The standard InChI is InChI=1S/C41H63FO6/c1-24(2)26-14-18-41(35(46)47-21-16-25-10-11-25)20-19-39(8)27(32(26)41)12-13-30-38(7)22-28(42)33(48-31(43)23-36(3,4)34(44)45)37(5,6)29(38)15-17-40(30,39)9/h25-30,32-33H,1,10-23H2,2-9H3,(H,44,45)/t26-,27+,28+,29-,30+,32+,33-,38-,39+,40+,41-/m0/s1. The van der Waals surface area contributed by atoms with Crippen molar-refractivity contribution in [3.63, 3.8) is 0 Å². The fraction of sp³-hybridized carbons (Fsp3) is 0.878. The van der Waals surface area contributed by atoms with Crippen molar-refractivity contribution < 1.29 is 33.4 Å². The number of alkyl halides is 1. The molecule has 0 saturated heterocycles. The first-order chi connectivity index (χ1) is 22.2. The van der Waals surface area contributed by atoms with Gasteiger partial charge >= 0.3 is 17.9 Å². The predicted octanol–water partition coefficient (Wildman–Crippen LogP) is 9.35. The summed E-state index contributed by atoms with van der Waals surface area (Å²) in [7, 11) is 0. The number of hydrogen-bond donors (Lipinski definition) is 1. The maximum atomic E-state index is 16.6. The Hall–Kier alpha value is -1.92. The molecule has 0 spiro atoms. The van der Waals surface area contributed by atoms with Crippen molar-refractivity contribution in [2.45, 2.75) is 151 Å². The molecule has 270 valence electrons. The largest absolute Gasteiger partial charge is 0.481 e. The molecule has 0 radical (unpaired) electrons. The summed E-state index contributed by atoms with van der Waals surface area (Å²) in [6, 6.07) is 0. The summed E-state index contributed by atoms with van der Waals surface area (Å²) in [5, 5.41) is 9.55. The number of fused-ring (bicyclic) bond motifs is 7. The number of carboxylic acid groups (broad SMARTS) is 1. The van der Waals surface area contributed by atoms with E-state index in [1.54, 1.807) is 0 Å². The minimum Gasteiger partial charge on any atom is -0.481 e. The monoisotopic (exact) mass is 670 g/mol. The molecule has 1 N–H and O–H groups in total. The second-order valence-corrected chi connectivity index (χ2v) is 19.5. The highest BCUT2D eigenvalue weighted by molar-refractivity contribution is 5.81. The van der Waals surface area contributed by atoms with Gasteiger partial charge < -0.3 is 14.6 Å². The van der Waals surface area contributed by atoms with Crippen molar-refractivity contribution in [2.75, 3.05) is 6.61 Å². The zero-order valence-corrected chi connectivity index (χ0v) is 31.1. The first-order valence-corrected chi connectivity index (χ1v) is 19.1. The highest BCUT2D eigenvalue weighted by Crippen LogP contribution is 2.77. The molecule has 0 heterocycles. The number of aliphatic carboxylic acids is 1. The normalized spacial score (nSPS) is 44.7. The lowest BCUT2D eigenvalue weighted by Gasteiger charge is -2.73. The molecule has 6 saturated carbocycles. The van der Waals surface area contributed by atoms with Crippen LogP contribution in [0.25, 0.3) is 0 Å². The van der Waals surface area contributed by atoms with Crippen LogP contribution in [0.4, 0.5) is 4.39 Å². The lowest BCUT2D eigenvalue weighted by molar-refractivity contribution is -0.261. The molecule has 0 aromatic rings. The molecule has 7 heteroatoms. The van der Waals surface area contributed by atoms with E-state index in [2.05, 4.69) is 48.1 Å². The van der Waals surface area contributed by atoms with Gasteiger partial charge in [-0.15, -0.1) is 0 Å². The van der Waals surface area contributed by atoms with Crippen molar-refractivity contribution in [3.8, 4) is 0 Å². The highest BCUT2D eigenvalue weighted by atomic mass is 19.1. The Morgan fingerprint density at radius 1 is 0.896 bits per heavy atom. The van der Waals surface area contributed by atoms with Crippen LogP contribution in [0.1, 0.15) is 139 Å². The molecule has 0 aromatic heterocycles. The van der Waals surface area contributed by atoms with Crippen LogP contribution in [-0.2, 0) is 23.9 Å². The minimum atomic E-state index is -1.32. The van der Waals surface area contributed by atoms with Gasteiger partial charge in [0, 0.05) is 5.41 Å². The van der Waals surface area contributed by atoms with Gasteiger partial charge in [0.05, 0.1) is 23.9 Å². The van der Waals surface area contributed by atoms with E-state index in [9.17, 15) is 19.5 Å². The van der Waals surface area contributed by atoms with Gasteiger partial charge in [-0.2, -0.15) is 0 Å². The zero-order valence-electron chi connectivity index (χ0n) is 31.1. The number of hydrogen-bond acceptors (Lipinski definition) is 5. The number of carboxylic acids is 1. The third-order valence-corrected chi connectivity index (χ3v) is 16.2. The number of halogens is 1. The van der Waals surface area contributed by atoms with Crippen LogP contribution >= 0.6 is 0 Å². The number of allylic oxidation sites excluding steroid dienone is 1. The lowest BCUT2D eigenvalue weighted by Crippen LogP contribution is -2.68. The Morgan fingerprint density at radius 3 is 2.21 bits per heavy atom. The summed E-state index contributed by atoms with van der Waals surface area (Å²) in [5.41, 5.74) is -1.39. The van der Waals surface area contributed by atoms with Crippen molar-refractivity contribution in [1.82, 2.24) is 0 Å². The van der Waals surface area contributed by atoms with Crippen LogP contribution in [0.5, 0.6) is 0 Å². The SMILES string of the molecule is C=C(C)[C@@H]1CC[C@]2(C(=O)OCCC3CC3)CC[C@]3(C)[C@H](CC[C@@H]4[C@@]5(C)C[C@@H](F)[C@H](OC(=O)CC(C)(C)C(=O)O)C(C)(C)[C@@H]5CC[C@]43C)[C@@H]12. The maximum Gasteiger partial charge on any atom is 0.312 e. The predicted molar refractivity (Wildman–Crippen MR) is 183 cm³/mol. The average molecular weight is 671 g/mol. The molecule has 48 heavy (non-hydrogen) atoms. The molecule has 6 rings (SSSR count). The Morgan fingerprint density at radius 2 is 1.58 bits per heavy atom. The van der Waals surface area contributed by atoms with Crippen LogP contribution in [0.3, 0.4) is 0 Å². The number of ether oxygens (including phenoxy) is 2. The van der Waals surface area contributed by atoms with Gasteiger partial charge in [0.15, 0.2) is 0 Å². The van der Waals surface area contributed by atoms with E-state index >= 15 is 4.39 Å². The van der Waals surface area contributed by atoms with E-state index in [0.717, 1.165) is 63.7 Å². The molecule has 0 aromatic carbocycles. The molecular weight excluding hydrogens is 607 g/mol. The Kier molecular flexibility index (Phi) is 8.84. The number of carbonyl (C=O) groups is 3. The van der Waals surface area contributed by atoms with Gasteiger partial charge in [-0.3, -0.25) is 14.4 Å².